The molecule has 3 heteroatoms. The molecule has 118 valence electrons. The Bertz CT molecular complexity index is 577. The molecular formula is C19H26N2O. The van der Waals surface area contributed by atoms with Gasteiger partial charge in [0.25, 0.3) is 0 Å². The van der Waals surface area contributed by atoms with E-state index in [9.17, 15) is 5.11 Å². The molecule has 0 saturated heterocycles. The van der Waals surface area contributed by atoms with Crippen LogP contribution in [0.4, 0.5) is 5.82 Å². The Hall–Kier alpha value is -1.87. The first-order valence-electron chi connectivity index (χ1n) is 8.11. The number of aliphatic hydroxyl groups excluding tert-OH is 1. The Kier molecular flexibility index (Phi) is 5.96. The number of aryl methyl sites for hydroxylation is 1. The molecule has 3 nitrogen and oxygen atoms in total. The van der Waals surface area contributed by atoms with E-state index in [1.807, 2.05) is 43.5 Å². The molecule has 2 rings (SSSR count). The van der Waals surface area contributed by atoms with Crippen LogP contribution in [-0.2, 0) is 0 Å². The summed E-state index contributed by atoms with van der Waals surface area (Å²) in [5.41, 5.74) is 2.86. The lowest BCUT2D eigenvalue weighted by molar-refractivity contribution is 0.219. The molecule has 0 spiro atoms. The summed E-state index contributed by atoms with van der Waals surface area (Å²) >= 11 is 0. The van der Waals surface area contributed by atoms with Crippen LogP contribution in [-0.4, -0.2) is 23.2 Å². The monoisotopic (exact) mass is 298 g/mol. The summed E-state index contributed by atoms with van der Waals surface area (Å²) in [6.45, 7) is 8.44. The molecule has 1 atom stereocenters. The second-order valence-electron chi connectivity index (χ2n) is 5.70. The average molecular weight is 298 g/mol. The molecule has 1 aromatic heterocycles. The number of rotatable bonds is 7. The first-order chi connectivity index (χ1) is 10.7. The van der Waals surface area contributed by atoms with E-state index in [1.54, 1.807) is 0 Å². The fourth-order valence-corrected chi connectivity index (χ4v) is 2.71. The molecule has 22 heavy (non-hydrogen) atoms. The Balaban J connectivity index is 2.25. The number of hydrogen-bond donors (Lipinski definition) is 1. The lowest BCUT2D eigenvalue weighted by Crippen LogP contribution is -2.26. The molecule has 0 aliphatic heterocycles. The summed E-state index contributed by atoms with van der Waals surface area (Å²) in [6.07, 6.45) is 3.42. The number of nitrogens with zero attached hydrogens (tertiary/aromatic N) is 2. The zero-order valence-electron chi connectivity index (χ0n) is 13.8. The molecule has 0 aliphatic carbocycles. The van der Waals surface area contributed by atoms with Crippen LogP contribution in [0.5, 0.6) is 0 Å². The second-order valence-corrected chi connectivity index (χ2v) is 5.70. The number of anilines is 1. The van der Waals surface area contributed by atoms with Crippen molar-refractivity contribution in [3.63, 3.8) is 0 Å². The molecule has 0 bridgehead atoms. The van der Waals surface area contributed by atoms with Crippen LogP contribution in [0.1, 0.15) is 49.5 Å². The summed E-state index contributed by atoms with van der Waals surface area (Å²) in [6, 6.07) is 11.8. The molecule has 0 radical (unpaired) electrons. The lowest BCUT2D eigenvalue weighted by Gasteiger charge is -2.24. The third-order valence-electron chi connectivity index (χ3n) is 3.86. The van der Waals surface area contributed by atoms with Crippen molar-refractivity contribution in [2.45, 2.75) is 39.7 Å². The zero-order chi connectivity index (χ0) is 15.9. The smallest absolute Gasteiger partial charge is 0.128 e. The SMILES string of the molecule is CCCN(CCC)c1cc(C)c([C@H](O)c2ccccc2)cn1. The van der Waals surface area contributed by atoms with E-state index in [2.05, 4.69) is 29.8 Å². The molecule has 0 aliphatic rings. The van der Waals surface area contributed by atoms with E-state index >= 15 is 0 Å². The van der Waals surface area contributed by atoms with Crippen LogP contribution < -0.4 is 4.90 Å². The van der Waals surface area contributed by atoms with Crippen molar-refractivity contribution >= 4 is 5.82 Å². The van der Waals surface area contributed by atoms with Crippen LogP contribution in [0.3, 0.4) is 0 Å². The summed E-state index contributed by atoms with van der Waals surface area (Å²) in [4.78, 5) is 6.90. The highest BCUT2D eigenvalue weighted by molar-refractivity contribution is 5.45. The Labute approximate surface area is 133 Å². The molecule has 0 amide bonds. The molecular weight excluding hydrogens is 272 g/mol. The number of benzene rings is 1. The maximum absolute atomic E-state index is 10.6. The van der Waals surface area contributed by atoms with E-state index in [-0.39, 0.29) is 0 Å². The highest BCUT2D eigenvalue weighted by Crippen LogP contribution is 2.26. The summed E-state index contributed by atoms with van der Waals surface area (Å²) in [5, 5.41) is 10.6. The van der Waals surface area contributed by atoms with Crippen LogP contribution in [0.2, 0.25) is 0 Å². The van der Waals surface area contributed by atoms with E-state index in [0.717, 1.165) is 48.4 Å². The van der Waals surface area contributed by atoms with E-state index < -0.39 is 6.10 Å². The van der Waals surface area contributed by atoms with Gasteiger partial charge in [-0.15, -0.1) is 0 Å². The Morgan fingerprint density at radius 1 is 1.09 bits per heavy atom. The fraction of sp³-hybridized carbons (Fsp3) is 0.421. The third kappa shape index (κ3) is 3.86. The van der Waals surface area contributed by atoms with Crippen molar-refractivity contribution in [3.8, 4) is 0 Å². The van der Waals surface area contributed by atoms with Crippen molar-refractivity contribution in [2.75, 3.05) is 18.0 Å². The van der Waals surface area contributed by atoms with Crippen LogP contribution in [0.15, 0.2) is 42.6 Å². The molecule has 0 saturated carbocycles. The highest BCUT2D eigenvalue weighted by atomic mass is 16.3. The molecule has 1 heterocycles. The minimum absolute atomic E-state index is 0.617. The van der Waals surface area contributed by atoms with Gasteiger partial charge in [-0.3, -0.25) is 0 Å². The maximum Gasteiger partial charge on any atom is 0.128 e. The van der Waals surface area contributed by atoms with Gasteiger partial charge in [0.2, 0.25) is 0 Å². The predicted molar refractivity (Wildman–Crippen MR) is 92.3 cm³/mol. The van der Waals surface area contributed by atoms with Gasteiger partial charge in [0, 0.05) is 24.8 Å². The topological polar surface area (TPSA) is 36.4 Å². The second kappa shape index (κ2) is 7.95. The highest BCUT2D eigenvalue weighted by Gasteiger charge is 2.15. The largest absolute Gasteiger partial charge is 0.384 e. The number of hydrogen-bond acceptors (Lipinski definition) is 3. The maximum atomic E-state index is 10.6. The Morgan fingerprint density at radius 3 is 2.27 bits per heavy atom. The van der Waals surface area contributed by atoms with Crippen molar-refractivity contribution in [2.24, 2.45) is 0 Å². The van der Waals surface area contributed by atoms with Gasteiger partial charge >= 0.3 is 0 Å². The minimum atomic E-state index is -0.617. The summed E-state index contributed by atoms with van der Waals surface area (Å²) in [5.74, 6) is 1.00. The van der Waals surface area contributed by atoms with Gasteiger partial charge in [-0.05, 0) is 37.0 Å². The molecule has 1 aromatic carbocycles. The van der Waals surface area contributed by atoms with Gasteiger partial charge in [-0.1, -0.05) is 44.2 Å². The number of aromatic nitrogens is 1. The Morgan fingerprint density at radius 2 is 1.73 bits per heavy atom. The average Bonchev–Trinajstić information content (AvgIpc) is 2.55. The van der Waals surface area contributed by atoms with Gasteiger partial charge in [0.15, 0.2) is 0 Å². The van der Waals surface area contributed by atoms with E-state index in [0.29, 0.717) is 0 Å². The normalized spacial score (nSPS) is 12.2. The van der Waals surface area contributed by atoms with Crippen LogP contribution in [0, 0.1) is 6.92 Å². The standard InChI is InChI=1S/C19H26N2O/c1-4-11-21(12-5-2)18-13-15(3)17(14-20-18)19(22)16-9-7-6-8-10-16/h6-10,13-14,19,22H,4-5,11-12H2,1-3H3/t19-/m1/s1. The van der Waals surface area contributed by atoms with Crippen molar-refractivity contribution in [1.82, 2.24) is 4.98 Å². The van der Waals surface area contributed by atoms with Crippen molar-refractivity contribution in [1.29, 1.82) is 0 Å². The van der Waals surface area contributed by atoms with Crippen LogP contribution >= 0.6 is 0 Å². The van der Waals surface area contributed by atoms with E-state index in [1.165, 1.54) is 0 Å². The minimum Gasteiger partial charge on any atom is -0.384 e. The fourth-order valence-electron chi connectivity index (χ4n) is 2.71. The first-order valence-corrected chi connectivity index (χ1v) is 8.11. The van der Waals surface area contributed by atoms with Gasteiger partial charge < -0.3 is 10.0 Å². The third-order valence-corrected chi connectivity index (χ3v) is 3.86. The van der Waals surface area contributed by atoms with Crippen molar-refractivity contribution in [3.05, 3.63) is 59.3 Å². The summed E-state index contributed by atoms with van der Waals surface area (Å²) in [7, 11) is 0. The molecule has 1 N–H and O–H groups in total. The summed E-state index contributed by atoms with van der Waals surface area (Å²) < 4.78 is 0. The quantitative estimate of drug-likeness (QED) is 0.836. The predicted octanol–water partition coefficient (Wildman–Crippen LogP) is 4.10. The molecule has 2 aromatic rings. The first kappa shape index (κ1) is 16.5. The lowest BCUT2D eigenvalue weighted by atomic mass is 9.99. The van der Waals surface area contributed by atoms with Gasteiger partial charge in [-0.2, -0.15) is 0 Å². The molecule has 0 unspecified atom stereocenters. The van der Waals surface area contributed by atoms with Gasteiger partial charge in [-0.25, -0.2) is 4.98 Å². The number of aliphatic hydroxyl groups is 1. The number of pyridine rings is 1. The van der Waals surface area contributed by atoms with Gasteiger partial charge in [0.05, 0.1) is 0 Å². The molecule has 0 fully saturated rings. The van der Waals surface area contributed by atoms with Gasteiger partial charge in [0.1, 0.15) is 11.9 Å². The van der Waals surface area contributed by atoms with Crippen molar-refractivity contribution < 1.29 is 5.11 Å². The zero-order valence-corrected chi connectivity index (χ0v) is 13.8. The van der Waals surface area contributed by atoms with E-state index in [4.69, 9.17) is 0 Å². The van der Waals surface area contributed by atoms with Crippen LogP contribution in [0.25, 0.3) is 0 Å².